The van der Waals surface area contributed by atoms with E-state index in [9.17, 15) is 47.9 Å². The third-order valence-corrected chi connectivity index (χ3v) is 9.36. The minimum Gasteiger partial charge on any atom is -0.479 e. The number of carbonyl (C=O) groups excluding carboxylic acids is 1. The quantitative estimate of drug-likeness (QED) is 0.125. The largest absolute Gasteiger partial charge is 0.479 e. The highest BCUT2D eigenvalue weighted by Gasteiger charge is 2.55. The van der Waals surface area contributed by atoms with Crippen molar-refractivity contribution in [2.45, 2.75) is 62.1 Å². The number of ether oxygens (including phenoxy) is 2. The van der Waals surface area contributed by atoms with E-state index in [1.54, 1.807) is 41.3 Å². The Balaban J connectivity index is 1.37. The molecule has 5 rings (SSSR count). The standard InChI is InChI=1S/C35H37FN2O11S/c1-35(32(42)30(41)29(40)31(49-35)34(44)45)48-25-15-9-22(10-16-25)28-26(17-18-27(39)21-7-11-23(36)12-8-21)33(43)38(28)24-13-5-20(6-14-24)4-3-19-37-50(2,46)47/h5-16,26-32,37,39-42H,17-19H2,1-2H3,(H,44,45)/t26-,27+,28-,29+,30+,31+,32-,35-/m1/s1. The molecule has 2 heterocycles. The van der Waals surface area contributed by atoms with Crippen LogP contribution in [0, 0.1) is 23.6 Å². The maximum atomic E-state index is 13.6. The van der Waals surface area contributed by atoms with E-state index >= 15 is 0 Å². The fourth-order valence-corrected chi connectivity index (χ4v) is 6.36. The van der Waals surface area contributed by atoms with Gasteiger partial charge in [0.25, 0.3) is 0 Å². The van der Waals surface area contributed by atoms with Gasteiger partial charge in [-0.2, -0.15) is 0 Å². The molecule has 3 aromatic carbocycles. The normalized spacial score (nSPS) is 27.1. The zero-order valence-corrected chi connectivity index (χ0v) is 27.8. The Hall–Kier alpha value is -4.40. The number of nitrogens with one attached hydrogen (secondary N) is 1. The van der Waals surface area contributed by atoms with Gasteiger partial charge in [0.2, 0.25) is 21.7 Å². The number of sulfonamides is 1. The van der Waals surface area contributed by atoms with Gasteiger partial charge in [0.15, 0.2) is 6.10 Å². The second-order valence-corrected chi connectivity index (χ2v) is 14.2. The molecule has 1 amide bonds. The van der Waals surface area contributed by atoms with Crippen molar-refractivity contribution in [1.82, 2.24) is 4.72 Å². The summed E-state index contributed by atoms with van der Waals surface area (Å²) in [5.41, 5.74) is 2.36. The van der Waals surface area contributed by atoms with Crippen LogP contribution in [0.1, 0.15) is 48.6 Å². The number of aliphatic hydroxyl groups is 4. The maximum absolute atomic E-state index is 13.6. The molecule has 6 N–H and O–H groups in total. The summed E-state index contributed by atoms with van der Waals surface area (Å²) in [4.78, 5) is 26.8. The number of β-lactam (4-membered cyclic amide) rings is 1. The molecule has 15 heteroatoms. The molecule has 0 saturated carbocycles. The molecule has 0 bridgehead atoms. The van der Waals surface area contributed by atoms with Crippen molar-refractivity contribution in [3.8, 4) is 17.6 Å². The number of anilines is 1. The molecule has 2 saturated heterocycles. The summed E-state index contributed by atoms with van der Waals surface area (Å²) in [6.07, 6.45) is -6.80. The van der Waals surface area contributed by atoms with Crippen LogP contribution in [0.25, 0.3) is 0 Å². The first-order chi connectivity index (χ1) is 23.6. The van der Waals surface area contributed by atoms with Crippen molar-refractivity contribution in [3.63, 3.8) is 0 Å². The topological polar surface area (TPSA) is 203 Å². The second-order valence-electron chi connectivity index (χ2n) is 12.3. The van der Waals surface area contributed by atoms with Gasteiger partial charge in [0, 0.05) is 18.2 Å². The van der Waals surface area contributed by atoms with Crippen molar-refractivity contribution >= 4 is 27.6 Å². The van der Waals surface area contributed by atoms with Crippen LogP contribution in [0.15, 0.2) is 72.8 Å². The van der Waals surface area contributed by atoms with Gasteiger partial charge in [0.05, 0.1) is 30.9 Å². The van der Waals surface area contributed by atoms with Gasteiger partial charge in [-0.05, 0) is 72.5 Å². The van der Waals surface area contributed by atoms with Gasteiger partial charge in [0.1, 0.15) is 29.9 Å². The number of aliphatic carboxylic acids is 1. The Labute approximate surface area is 287 Å². The summed E-state index contributed by atoms with van der Waals surface area (Å²) in [6, 6.07) is 18.2. The predicted molar refractivity (Wildman–Crippen MR) is 176 cm³/mol. The number of halogens is 1. The molecule has 2 aliphatic rings. The van der Waals surface area contributed by atoms with Gasteiger partial charge < -0.3 is 39.9 Å². The lowest BCUT2D eigenvalue weighted by Crippen LogP contribution is -2.66. The fraction of sp³-hybridized carbons (Fsp3) is 0.371. The maximum Gasteiger partial charge on any atom is 0.335 e. The van der Waals surface area contributed by atoms with E-state index in [-0.39, 0.29) is 24.6 Å². The summed E-state index contributed by atoms with van der Waals surface area (Å²) in [6.45, 7) is 1.17. The number of carbonyl (C=O) groups is 2. The number of rotatable bonds is 11. The van der Waals surface area contributed by atoms with Crippen LogP contribution in [-0.2, 0) is 24.3 Å². The molecule has 13 nitrogen and oxygen atoms in total. The summed E-state index contributed by atoms with van der Waals surface area (Å²) >= 11 is 0. The third-order valence-electron chi connectivity index (χ3n) is 8.69. The second kappa shape index (κ2) is 14.8. The third kappa shape index (κ3) is 8.14. The van der Waals surface area contributed by atoms with Crippen LogP contribution >= 0.6 is 0 Å². The van der Waals surface area contributed by atoms with Crippen LogP contribution in [0.2, 0.25) is 0 Å². The van der Waals surface area contributed by atoms with E-state index in [4.69, 9.17) is 9.47 Å². The summed E-state index contributed by atoms with van der Waals surface area (Å²) < 4.78 is 49.4. The first-order valence-corrected chi connectivity index (χ1v) is 17.5. The van der Waals surface area contributed by atoms with Crippen molar-refractivity contribution in [3.05, 3.63) is 95.3 Å². The van der Waals surface area contributed by atoms with E-state index in [0.29, 0.717) is 28.8 Å². The lowest BCUT2D eigenvalue weighted by Gasteiger charge is -2.48. The first kappa shape index (κ1) is 36.9. The highest BCUT2D eigenvalue weighted by atomic mass is 32.2. The number of carboxylic acid groups (broad SMARTS) is 1. The number of amides is 1. The monoisotopic (exact) mass is 712 g/mol. The lowest BCUT2D eigenvalue weighted by atomic mass is 9.78. The first-order valence-electron chi connectivity index (χ1n) is 15.6. The number of carboxylic acids is 1. The van der Waals surface area contributed by atoms with Crippen LogP contribution in [0.4, 0.5) is 10.1 Å². The summed E-state index contributed by atoms with van der Waals surface area (Å²) in [7, 11) is -3.38. The summed E-state index contributed by atoms with van der Waals surface area (Å²) in [5, 5.41) is 51.1. The van der Waals surface area contributed by atoms with Gasteiger partial charge >= 0.3 is 5.97 Å². The van der Waals surface area contributed by atoms with Gasteiger partial charge in [-0.1, -0.05) is 36.1 Å². The molecule has 50 heavy (non-hydrogen) atoms. The molecule has 2 fully saturated rings. The molecule has 0 aliphatic carbocycles. The van der Waals surface area contributed by atoms with Gasteiger partial charge in [-0.25, -0.2) is 22.3 Å². The van der Waals surface area contributed by atoms with E-state index in [2.05, 4.69) is 16.6 Å². The van der Waals surface area contributed by atoms with Crippen LogP contribution in [0.5, 0.6) is 5.75 Å². The van der Waals surface area contributed by atoms with Crippen LogP contribution in [-0.4, -0.2) is 88.8 Å². The molecule has 0 unspecified atom stereocenters. The van der Waals surface area contributed by atoms with Crippen molar-refractivity contribution in [1.29, 1.82) is 0 Å². The number of nitrogens with zero attached hydrogens (tertiary/aromatic N) is 1. The van der Waals surface area contributed by atoms with E-state index in [1.165, 1.54) is 43.3 Å². The number of hydrogen-bond acceptors (Lipinski definition) is 10. The van der Waals surface area contributed by atoms with Crippen LogP contribution in [0.3, 0.4) is 0 Å². The van der Waals surface area contributed by atoms with E-state index < -0.39 is 70.1 Å². The van der Waals surface area contributed by atoms with Crippen LogP contribution < -0.4 is 14.4 Å². The molecule has 266 valence electrons. The Morgan fingerprint density at radius 2 is 1.68 bits per heavy atom. The minimum absolute atomic E-state index is 0.0641. The van der Waals surface area contributed by atoms with Gasteiger partial charge in [-0.15, -0.1) is 0 Å². The number of benzene rings is 3. The average Bonchev–Trinajstić information content (AvgIpc) is 3.07. The Bertz CT molecular complexity index is 1860. The van der Waals surface area contributed by atoms with Crippen molar-refractivity contribution < 1.29 is 57.4 Å². The van der Waals surface area contributed by atoms with Crippen molar-refractivity contribution in [2.75, 3.05) is 17.7 Å². The average molecular weight is 713 g/mol. The summed E-state index contributed by atoms with van der Waals surface area (Å²) in [5.74, 6) is 0.948. The smallest absolute Gasteiger partial charge is 0.335 e. The Morgan fingerprint density at radius 1 is 1.04 bits per heavy atom. The zero-order chi connectivity index (χ0) is 36.4. The molecule has 2 aliphatic heterocycles. The molecule has 8 atom stereocenters. The fourth-order valence-electron chi connectivity index (χ4n) is 6.02. The molecule has 0 radical (unpaired) electrons. The van der Waals surface area contributed by atoms with E-state index in [1.807, 2.05) is 0 Å². The molecular formula is C35H37FN2O11S. The molecule has 0 spiro atoms. The highest BCUT2D eigenvalue weighted by Crippen LogP contribution is 2.47. The minimum atomic E-state index is -3.38. The molecule has 3 aromatic rings. The number of aliphatic hydroxyl groups excluding tert-OH is 4. The zero-order valence-electron chi connectivity index (χ0n) is 27.0. The molecular weight excluding hydrogens is 675 g/mol. The highest BCUT2D eigenvalue weighted by molar-refractivity contribution is 7.88. The molecule has 0 aromatic heterocycles. The van der Waals surface area contributed by atoms with Crippen molar-refractivity contribution in [2.24, 2.45) is 5.92 Å². The van der Waals surface area contributed by atoms with Gasteiger partial charge in [-0.3, -0.25) is 4.79 Å². The van der Waals surface area contributed by atoms with E-state index in [0.717, 1.165) is 6.26 Å². The SMILES string of the molecule is C[C@@]1(Oc2ccc([C@@H]3[C@@H](CC[C@H](O)c4ccc(F)cc4)C(=O)N3c3ccc(C#CCNS(C)(=O)=O)cc3)cc2)O[C@H](C(=O)O)[C@@H](O)[C@H](O)[C@H]1O. The Kier molecular flexibility index (Phi) is 10.9. The predicted octanol–water partition coefficient (Wildman–Crippen LogP) is 1.61. The number of hydrogen-bond donors (Lipinski definition) is 6. The lowest BCUT2D eigenvalue weighted by molar-refractivity contribution is -0.322. The Morgan fingerprint density at radius 3 is 2.28 bits per heavy atom.